The SMILES string of the molecule is CCOC(=O)N(c1ccccc1Cl)c1c(-c2ccc(C3CCC(C(=O)O)CC3)cc2)noc1C. The maximum atomic E-state index is 13.0. The number of carboxylic acids is 1. The molecule has 7 nitrogen and oxygen atoms in total. The number of hydrogen-bond donors (Lipinski definition) is 1. The Kier molecular flexibility index (Phi) is 7.22. The Labute approximate surface area is 203 Å². The van der Waals surface area contributed by atoms with E-state index in [1.54, 1.807) is 38.1 Å². The lowest BCUT2D eigenvalue weighted by Crippen LogP contribution is -2.27. The highest BCUT2D eigenvalue weighted by molar-refractivity contribution is 6.34. The Balaban J connectivity index is 1.66. The molecule has 1 heterocycles. The lowest BCUT2D eigenvalue weighted by atomic mass is 9.78. The minimum absolute atomic E-state index is 0.207. The van der Waals surface area contributed by atoms with Gasteiger partial charge in [0.25, 0.3) is 0 Å². The van der Waals surface area contributed by atoms with Crippen LogP contribution in [0.1, 0.15) is 49.8 Å². The molecule has 3 aromatic rings. The molecule has 0 radical (unpaired) electrons. The molecule has 0 unspecified atom stereocenters. The molecule has 34 heavy (non-hydrogen) atoms. The predicted molar refractivity (Wildman–Crippen MR) is 130 cm³/mol. The van der Waals surface area contributed by atoms with Crippen LogP contribution in [0.25, 0.3) is 11.3 Å². The number of amides is 1. The second-order valence-corrected chi connectivity index (χ2v) is 8.84. The summed E-state index contributed by atoms with van der Waals surface area (Å²) < 4.78 is 10.8. The number of halogens is 1. The Hall–Kier alpha value is -3.32. The van der Waals surface area contributed by atoms with Crippen LogP contribution in [0.3, 0.4) is 0 Å². The molecule has 8 heteroatoms. The van der Waals surface area contributed by atoms with Gasteiger partial charge in [-0.3, -0.25) is 4.79 Å². The summed E-state index contributed by atoms with van der Waals surface area (Å²) in [6.07, 6.45) is 2.53. The standard InChI is InChI=1S/C26H27ClN2O5/c1-3-33-26(32)29(22-7-5-4-6-21(22)27)24-16(2)34-28-23(24)19-12-8-17(9-13-19)18-10-14-20(15-11-18)25(30)31/h4-9,12-13,18,20H,3,10-11,14-15H2,1-2H3,(H,30,31). The van der Waals surface area contributed by atoms with Gasteiger partial charge >= 0.3 is 12.1 Å². The zero-order valence-electron chi connectivity index (χ0n) is 19.2. The van der Waals surface area contributed by atoms with Crippen molar-refractivity contribution in [2.45, 2.75) is 45.4 Å². The van der Waals surface area contributed by atoms with Crippen molar-refractivity contribution in [1.82, 2.24) is 5.16 Å². The molecule has 178 valence electrons. The fourth-order valence-electron chi connectivity index (χ4n) is 4.54. The quantitative estimate of drug-likeness (QED) is 0.408. The van der Waals surface area contributed by atoms with Crippen LogP contribution >= 0.6 is 11.6 Å². The van der Waals surface area contributed by atoms with E-state index in [2.05, 4.69) is 5.16 Å². The van der Waals surface area contributed by atoms with E-state index in [-0.39, 0.29) is 12.5 Å². The van der Waals surface area contributed by atoms with Crippen LogP contribution in [0.15, 0.2) is 53.1 Å². The fraction of sp³-hybridized carbons (Fsp3) is 0.346. The number of carboxylic acid groups (broad SMARTS) is 1. The molecule has 1 amide bonds. The summed E-state index contributed by atoms with van der Waals surface area (Å²) in [6.45, 7) is 3.69. The van der Waals surface area contributed by atoms with Crippen LogP contribution in [0, 0.1) is 12.8 Å². The first-order chi connectivity index (χ1) is 16.4. The number of para-hydroxylation sites is 1. The molecule has 0 atom stereocenters. The first-order valence-corrected chi connectivity index (χ1v) is 11.8. The molecule has 1 aliphatic rings. The van der Waals surface area contributed by atoms with Crippen LogP contribution in [-0.2, 0) is 9.53 Å². The van der Waals surface area contributed by atoms with Gasteiger partial charge in [0.05, 0.1) is 23.2 Å². The first kappa shape index (κ1) is 23.8. The van der Waals surface area contributed by atoms with Gasteiger partial charge < -0.3 is 14.4 Å². The van der Waals surface area contributed by atoms with Gasteiger partial charge in [-0.25, -0.2) is 9.69 Å². The maximum absolute atomic E-state index is 13.0. The van der Waals surface area contributed by atoms with Crippen LogP contribution in [0.5, 0.6) is 0 Å². The Morgan fingerprint density at radius 1 is 1.12 bits per heavy atom. The number of nitrogens with zero attached hydrogens (tertiary/aromatic N) is 2. The average Bonchev–Trinajstić information content (AvgIpc) is 3.22. The third kappa shape index (κ3) is 4.80. The van der Waals surface area contributed by atoms with Crippen molar-refractivity contribution in [3.63, 3.8) is 0 Å². The number of carbonyl (C=O) groups is 2. The van der Waals surface area contributed by atoms with Crippen molar-refractivity contribution in [3.05, 3.63) is 64.9 Å². The largest absolute Gasteiger partial charge is 0.481 e. The molecule has 0 bridgehead atoms. The molecule has 1 aliphatic carbocycles. The van der Waals surface area contributed by atoms with E-state index in [0.29, 0.717) is 46.6 Å². The molecule has 1 N–H and O–H groups in total. The summed E-state index contributed by atoms with van der Waals surface area (Å²) in [5.74, 6) is -0.149. The lowest BCUT2D eigenvalue weighted by Gasteiger charge is -2.26. The number of aromatic nitrogens is 1. The summed E-state index contributed by atoms with van der Waals surface area (Å²) >= 11 is 6.43. The molecule has 0 saturated heterocycles. The second-order valence-electron chi connectivity index (χ2n) is 8.43. The van der Waals surface area contributed by atoms with E-state index >= 15 is 0 Å². The van der Waals surface area contributed by atoms with E-state index in [1.165, 1.54) is 10.5 Å². The van der Waals surface area contributed by atoms with Gasteiger partial charge in [-0.15, -0.1) is 0 Å². The molecule has 1 fully saturated rings. The van der Waals surface area contributed by atoms with Gasteiger partial charge in [0.15, 0.2) is 5.76 Å². The Morgan fingerprint density at radius 3 is 2.41 bits per heavy atom. The number of ether oxygens (including phenoxy) is 1. The van der Waals surface area contributed by atoms with Gasteiger partial charge in [0.2, 0.25) is 0 Å². The van der Waals surface area contributed by atoms with Gasteiger partial charge in [-0.2, -0.15) is 0 Å². The van der Waals surface area contributed by atoms with Crippen LogP contribution in [-0.4, -0.2) is 28.9 Å². The number of anilines is 2. The molecule has 2 aromatic carbocycles. The fourth-order valence-corrected chi connectivity index (χ4v) is 4.76. The van der Waals surface area contributed by atoms with Gasteiger partial charge in [0, 0.05) is 5.56 Å². The summed E-state index contributed by atoms with van der Waals surface area (Å²) in [5, 5.41) is 13.9. The maximum Gasteiger partial charge on any atom is 0.419 e. The molecular weight excluding hydrogens is 456 g/mol. The van der Waals surface area contributed by atoms with Crippen molar-refractivity contribution in [2.75, 3.05) is 11.5 Å². The third-order valence-electron chi connectivity index (χ3n) is 6.33. The normalized spacial score (nSPS) is 17.9. The van der Waals surface area contributed by atoms with Crippen molar-refractivity contribution in [3.8, 4) is 11.3 Å². The highest BCUT2D eigenvalue weighted by atomic mass is 35.5. The Bertz CT molecular complexity index is 1170. The highest BCUT2D eigenvalue weighted by Gasteiger charge is 2.30. The zero-order valence-corrected chi connectivity index (χ0v) is 19.9. The molecule has 0 spiro atoms. The molecule has 4 rings (SSSR count). The second kappa shape index (κ2) is 10.3. The highest BCUT2D eigenvalue weighted by Crippen LogP contribution is 2.41. The molecule has 0 aliphatic heterocycles. The topological polar surface area (TPSA) is 92.9 Å². The third-order valence-corrected chi connectivity index (χ3v) is 6.65. The number of rotatable bonds is 6. The monoisotopic (exact) mass is 482 g/mol. The number of carbonyl (C=O) groups excluding carboxylic acids is 1. The van der Waals surface area contributed by atoms with E-state index in [9.17, 15) is 14.7 Å². The predicted octanol–water partition coefficient (Wildman–Crippen LogP) is 6.96. The summed E-state index contributed by atoms with van der Waals surface area (Å²) in [7, 11) is 0. The molecular formula is C26H27ClN2O5. The van der Waals surface area contributed by atoms with Crippen LogP contribution < -0.4 is 4.90 Å². The van der Waals surface area contributed by atoms with Crippen molar-refractivity contribution in [1.29, 1.82) is 0 Å². The number of benzene rings is 2. The van der Waals surface area contributed by atoms with Crippen molar-refractivity contribution < 1.29 is 24.0 Å². The molecule has 1 saturated carbocycles. The summed E-state index contributed by atoms with van der Waals surface area (Å²) in [5.41, 5.74) is 3.41. The van der Waals surface area contributed by atoms with E-state index in [1.807, 2.05) is 24.3 Å². The lowest BCUT2D eigenvalue weighted by molar-refractivity contribution is -0.142. The first-order valence-electron chi connectivity index (χ1n) is 11.4. The van der Waals surface area contributed by atoms with Gasteiger partial charge in [-0.1, -0.05) is 53.2 Å². The molecule has 1 aromatic heterocycles. The number of hydrogen-bond acceptors (Lipinski definition) is 5. The Morgan fingerprint density at radius 2 is 1.79 bits per heavy atom. The number of aryl methyl sites for hydroxylation is 1. The minimum atomic E-state index is -0.701. The van der Waals surface area contributed by atoms with E-state index < -0.39 is 12.1 Å². The van der Waals surface area contributed by atoms with E-state index in [4.69, 9.17) is 20.9 Å². The van der Waals surface area contributed by atoms with Crippen LogP contribution in [0.2, 0.25) is 5.02 Å². The van der Waals surface area contributed by atoms with Crippen molar-refractivity contribution in [2.24, 2.45) is 5.92 Å². The average molecular weight is 483 g/mol. The minimum Gasteiger partial charge on any atom is -0.481 e. The van der Waals surface area contributed by atoms with Gasteiger partial charge in [-0.05, 0) is 63.1 Å². The smallest absolute Gasteiger partial charge is 0.419 e. The van der Waals surface area contributed by atoms with Crippen molar-refractivity contribution >= 4 is 35.0 Å². The zero-order chi connectivity index (χ0) is 24.2. The van der Waals surface area contributed by atoms with Gasteiger partial charge in [0.1, 0.15) is 11.4 Å². The number of aliphatic carboxylic acids is 1. The summed E-state index contributed by atoms with van der Waals surface area (Å²) in [6, 6.07) is 15.0. The summed E-state index contributed by atoms with van der Waals surface area (Å²) in [4.78, 5) is 25.6. The van der Waals surface area contributed by atoms with Crippen LogP contribution in [0.4, 0.5) is 16.2 Å². The van der Waals surface area contributed by atoms with E-state index in [0.717, 1.165) is 18.4 Å².